The Morgan fingerprint density at radius 2 is 1.76 bits per heavy atom. The van der Waals surface area contributed by atoms with E-state index in [0.29, 0.717) is 4.88 Å². The molecular formula is C18H17F6N3O3S3. The Labute approximate surface area is 193 Å². The van der Waals surface area contributed by atoms with Crippen molar-refractivity contribution in [2.75, 3.05) is 12.0 Å². The molecule has 1 aromatic heterocycles. The number of alkyl halides is 6. The summed E-state index contributed by atoms with van der Waals surface area (Å²) < 4.78 is 106. The van der Waals surface area contributed by atoms with Crippen LogP contribution in [0.3, 0.4) is 0 Å². The van der Waals surface area contributed by atoms with E-state index in [1.807, 2.05) is 4.72 Å². The van der Waals surface area contributed by atoms with Gasteiger partial charge in [0, 0.05) is 4.88 Å². The molecule has 0 saturated heterocycles. The highest BCUT2D eigenvalue weighted by molar-refractivity contribution is 7.98. The number of thioether (sulfide) groups is 1. The lowest BCUT2D eigenvalue weighted by atomic mass is 10.1. The number of hydrogen-bond donors (Lipinski definition) is 2. The van der Waals surface area contributed by atoms with Crippen molar-refractivity contribution in [3.63, 3.8) is 0 Å². The Morgan fingerprint density at radius 1 is 1.15 bits per heavy atom. The minimum Gasteiger partial charge on any atom is -0.271 e. The number of hydrazone groups is 1. The number of benzene rings is 1. The first-order valence-corrected chi connectivity index (χ1v) is 12.7. The summed E-state index contributed by atoms with van der Waals surface area (Å²) in [6.07, 6.45) is -7.58. The normalized spacial score (nSPS) is 13.9. The molecule has 0 aliphatic rings. The molecule has 0 radical (unpaired) electrons. The Hall–Kier alpha value is -2.10. The van der Waals surface area contributed by atoms with Gasteiger partial charge in [-0.15, -0.1) is 11.3 Å². The predicted molar refractivity (Wildman–Crippen MR) is 114 cm³/mol. The quantitative estimate of drug-likeness (QED) is 0.285. The molecule has 15 heteroatoms. The summed E-state index contributed by atoms with van der Waals surface area (Å²) >= 11 is 2.57. The van der Waals surface area contributed by atoms with Crippen LogP contribution in [-0.2, 0) is 27.2 Å². The van der Waals surface area contributed by atoms with Crippen LogP contribution < -0.4 is 10.1 Å². The predicted octanol–water partition coefficient (Wildman–Crippen LogP) is 4.34. The van der Waals surface area contributed by atoms with E-state index in [9.17, 15) is 39.6 Å². The summed E-state index contributed by atoms with van der Waals surface area (Å²) in [5, 5.41) is 5.44. The Balaban J connectivity index is 2.34. The standard InChI is InChI=1S/C18H17F6N3O3S3/c1-31-6-4-15(16(28)26-25-10-13-3-2-5-32-13)27-33(29,30)14-8-11(17(19,20)21)7-12(9-14)18(22,23)24/h2-3,5,7-10,15,27H,4,6H2,1H3,(H,26,28). The average molecular weight is 534 g/mol. The molecule has 2 aromatic rings. The van der Waals surface area contributed by atoms with E-state index >= 15 is 0 Å². The van der Waals surface area contributed by atoms with Crippen molar-refractivity contribution in [1.29, 1.82) is 0 Å². The van der Waals surface area contributed by atoms with Gasteiger partial charge >= 0.3 is 12.4 Å². The van der Waals surface area contributed by atoms with Crippen LogP contribution in [0.5, 0.6) is 0 Å². The summed E-state index contributed by atoms with van der Waals surface area (Å²) in [7, 11) is -4.94. The van der Waals surface area contributed by atoms with Gasteiger partial charge < -0.3 is 0 Å². The Bertz CT molecular complexity index is 1050. The van der Waals surface area contributed by atoms with Crippen LogP contribution in [0.25, 0.3) is 0 Å². The highest BCUT2D eigenvalue weighted by Gasteiger charge is 2.38. The molecule has 0 spiro atoms. The number of nitrogens with zero attached hydrogens (tertiary/aromatic N) is 1. The first-order valence-electron chi connectivity index (χ1n) is 8.91. The number of amides is 1. The number of rotatable bonds is 9. The molecule has 0 bridgehead atoms. The number of halogens is 6. The smallest absolute Gasteiger partial charge is 0.271 e. The molecule has 0 aliphatic heterocycles. The molecule has 33 heavy (non-hydrogen) atoms. The molecule has 1 atom stereocenters. The number of carbonyl (C=O) groups is 1. The molecule has 1 unspecified atom stereocenters. The van der Waals surface area contributed by atoms with E-state index in [2.05, 4.69) is 10.5 Å². The van der Waals surface area contributed by atoms with Gasteiger partial charge in [0.1, 0.15) is 6.04 Å². The van der Waals surface area contributed by atoms with Crippen LogP contribution in [0.15, 0.2) is 45.7 Å². The maximum atomic E-state index is 13.1. The van der Waals surface area contributed by atoms with E-state index in [4.69, 9.17) is 0 Å². The molecule has 1 heterocycles. The van der Waals surface area contributed by atoms with Gasteiger partial charge in [0.25, 0.3) is 5.91 Å². The van der Waals surface area contributed by atoms with Gasteiger partial charge in [-0.2, -0.15) is 47.9 Å². The van der Waals surface area contributed by atoms with Crippen LogP contribution in [0.2, 0.25) is 0 Å². The number of sulfonamides is 1. The van der Waals surface area contributed by atoms with Crippen LogP contribution in [-0.4, -0.2) is 38.6 Å². The number of nitrogens with one attached hydrogen (secondary N) is 2. The number of hydrogen-bond acceptors (Lipinski definition) is 6. The van der Waals surface area contributed by atoms with Gasteiger partial charge in [-0.25, -0.2) is 13.8 Å². The molecule has 182 valence electrons. The summed E-state index contributed by atoms with van der Waals surface area (Å²) in [6, 6.07) is 1.91. The monoisotopic (exact) mass is 533 g/mol. The van der Waals surface area contributed by atoms with Crippen molar-refractivity contribution in [3.05, 3.63) is 51.7 Å². The topological polar surface area (TPSA) is 87.6 Å². The van der Waals surface area contributed by atoms with E-state index < -0.39 is 50.3 Å². The fourth-order valence-electron chi connectivity index (χ4n) is 2.42. The Kier molecular flexibility index (Phi) is 8.95. The zero-order valence-electron chi connectivity index (χ0n) is 16.7. The molecule has 1 amide bonds. The van der Waals surface area contributed by atoms with Gasteiger partial charge in [-0.3, -0.25) is 4.79 Å². The van der Waals surface area contributed by atoms with Crippen molar-refractivity contribution in [3.8, 4) is 0 Å². The highest BCUT2D eigenvalue weighted by atomic mass is 32.2. The van der Waals surface area contributed by atoms with Gasteiger partial charge in [0.05, 0.1) is 22.2 Å². The van der Waals surface area contributed by atoms with E-state index in [-0.39, 0.29) is 30.4 Å². The van der Waals surface area contributed by atoms with Crippen molar-refractivity contribution >= 4 is 45.2 Å². The minimum atomic E-state index is -5.22. The minimum absolute atomic E-state index is 0.0794. The van der Waals surface area contributed by atoms with Gasteiger partial charge in [-0.1, -0.05) is 6.07 Å². The maximum Gasteiger partial charge on any atom is 0.416 e. The maximum absolute atomic E-state index is 13.1. The van der Waals surface area contributed by atoms with E-state index in [1.54, 1.807) is 23.8 Å². The zero-order valence-corrected chi connectivity index (χ0v) is 19.1. The van der Waals surface area contributed by atoms with Crippen LogP contribution in [0, 0.1) is 0 Å². The molecule has 0 saturated carbocycles. The molecule has 1 aromatic carbocycles. The lowest BCUT2D eigenvalue weighted by Gasteiger charge is -2.18. The lowest BCUT2D eigenvalue weighted by Crippen LogP contribution is -2.45. The van der Waals surface area contributed by atoms with E-state index in [1.165, 1.54) is 29.3 Å². The SMILES string of the molecule is CSCCC(NS(=O)(=O)c1cc(C(F)(F)F)cc(C(F)(F)F)c1)C(=O)NN=Cc1cccs1. The second kappa shape index (κ2) is 10.9. The third-order valence-corrected chi connectivity index (χ3v) is 6.91. The molecule has 0 aliphatic carbocycles. The molecular weight excluding hydrogens is 516 g/mol. The van der Waals surface area contributed by atoms with Crippen LogP contribution >= 0.6 is 23.1 Å². The first kappa shape index (κ1) is 27.1. The zero-order chi connectivity index (χ0) is 24.9. The first-order chi connectivity index (χ1) is 15.2. The van der Waals surface area contributed by atoms with Crippen LogP contribution in [0.4, 0.5) is 26.3 Å². The fourth-order valence-corrected chi connectivity index (χ4v) is 4.77. The highest BCUT2D eigenvalue weighted by Crippen LogP contribution is 2.37. The summed E-state index contributed by atoms with van der Waals surface area (Å²) in [5.74, 6) is -0.658. The average Bonchev–Trinajstić information content (AvgIpc) is 3.22. The van der Waals surface area contributed by atoms with Gasteiger partial charge in [-0.05, 0) is 48.1 Å². The number of thiophene rings is 1. The summed E-state index contributed by atoms with van der Waals surface area (Å²) in [6.45, 7) is 0. The Morgan fingerprint density at radius 3 is 2.24 bits per heavy atom. The lowest BCUT2D eigenvalue weighted by molar-refractivity contribution is -0.143. The van der Waals surface area contributed by atoms with Crippen LogP contribution in [0.1, 0.15) is 22.4 Å². The third-order valence-electron chi connectivity index (χ3n) is 4.01. The molecule has 6 nitrogen and oxygen atoms in total. The van der Waals surface area contributed by atoms with Crippen molar-refractivity contribution < 1.29 is 39.6 Å². The van der Waals surface area contributed by atoms with Gasteiger partial charge in [0.15, 0.2) is 0 Å². The second-order valence-electron chi connectivity index (χ2n) is 6.45. The number of carbonyl (C=O) groups excluding carboxylic acids is 1. The molecule has 2 N–H and O–H groups in total. The fraction of sp³-hybridized carbons (Fsp3) is 0.333. The third kappa shape index (κ3) is 8.01. The van der Waals surface area contributed by atoms with Crippen molar-refractivity contribution in [1.82, 2.24) is 10.1 Å². The summed E-state index contributed by atoms with van der Waals surface area (Å²) in [5.41, 5.74) is -1.46. The van der Waals surface area contributed by atoms with Gasteiger partial charge in [0.2, 0.25) is 10.0 Å². The molecule has 2 rings (SSSR count). The van der Waals surface area contributed by atoms with Crippen molar-refractivity contribution in [2.24, 2.45) is 5.10 Å². The van der Waals surface area contributed by atoms with Crippen molar-refractivity contribution in [2.45, 2.75) is 29.7 Å². The van der Waals surface area contributed by atoms with E-state index in [0.717, 1.165) is 0 Å². The second-order valence-corrected chi connectivity index (χ2v) is 10.1. The summed E-state index contributed by atoms with van der Waals surface area (Å²) in [4.78, 5) is 11.8. The molecule has 0 fully saturated rings. The largest absolute Gasteiger partial charge is 0.416 e.